The molecule has 1 fully saturated rings. The Morgan fingerprint density at radius 1 is 1.11 bits per heavy atom. The van der Waals surface area contributed by atoms with Crippen LogP contribution in [0.4, 0.5) is 5.13 Å². The lowest BCUT2D eigenvalue weighted by Gasteiger charge is -2.26. The van der Waals surface area contributed by atoms with Gasteiger partial charge in [0.1, 0.15) is 6.04 Å². The molecule has 144 valence electrons. The highest BCUT2D eigenvalue weighted by Gasteiger charge is 2.30. The summed E-state index contributed by atoms with van der Waals surface area (Å²) in [5.41, 5.74) is 2.08. The molecule has 1 atom stereocenters. The number of nitrogens with zero attached hydrogens (tertiary/aromatic N) is 2. The van der Waals surface area contributed by atoms with Crippen molar-refractivity contribution in [1.29, 1.82) is 0 Å². The van der Waals surface area contributed by atoms with Gasteiger partial charge in [-0.15, -0.1) is 11.3 Å². The van der Waals surface area contributed by atoms with Crippen molar-refractivity contribution in [3.8, 4) is 0 Å². The minimum atomic E-state index is -0.278. The van der Waals surface area contributed by atoms with Crippen LogP contribution in [-0.4, -0.2) is 28.9 Å². The van der Waals surface area contributed by atoms with Crippen LogP contribution in [0.5, 0.6) is 0 Å². The van der Waals surface area contributed by atoms with Gasteiger partial charge in [-0.2, -0.15) is 0 Å². The third-order valence-electron chi connectivity index (χ3n) is 4.98. The van der Waals surface area contributed by atoms with Crippen LogP contribution in [0, 0.1) is 0 Å². The normalized spacial score (nSPS) is 15.5. The zero-order valence-corrected chi connectivity index (χ0v) is 17.0. The molecule has 1 amide bonds. The van der Waals surface area contributed by atoms with E-state index in [1.54, 1.807) is 0 Å². The van der Waals surface area contributed by atoms with Crippen molar-refractivity contribution in [3.05, 3.63) is 81.8 Å². The lowest BCUT2D eigenvalue weighted by molar-refractivity contribution is -0.121. The van der Waals surface area contributed by atoms with Gasteiger partial charge in [0, 0.05) is 22.5 Å². The molecule has 1 saturated heterocycles. The Hall–Kier alpha value is -2.21. The second kappa shape index (κ2) is 8.86. The molecule has 2 aromatic carbocycles. The van der Waals surface area contributed by atoms with Gasteiger partial charge in [0.25, 0.3) is 0 Å². The Bertz CT molecular complexity index is 938. The van der Waals surface area contributed by atoms with Gasteiger partial charge in [-0.25, -0.2) is 4.98 Å². The van der Waals surface area contributed by atoms with Crippen LogP contribution in [0.1, 0.15) is 34.9 Å². The number of hydrogen-bond donors (Lipinski definition) is 1. The van der Waals surface area contributed by atoms with Crippen LogP contribution in [0.15, 0.2) is 60.8 Å². The van der Waals surface area contributed by atoms with Gasteiger partial charge in [0.15, 0.2) is 5.13 Å². The van der Waals surface area contributed by atoms with E-state index < -0.39 is 0 Å². The van der Waals surface area contributed by atoms with E-state index in [-0.39, 0.29) is 11.9 Å². The van der Waals surface area contributed by atoms with Crippen LogP contribution < -0.4 is 5.32 Å². The Balaban J connectivity index is 1.49. The summed E-state index contributed by atoms with van der Waals surface area (Å²) in [5.74, 6) is -0.0215. The standard InChI is InChI=1S/C22H22ClN3OS/c23-19-11-5-4-10-17(19)14-18-15-24-22(28-18)25-21(27)20(26-12-6-7-13-26)16-8-2-1-3-9-16/h1-5,8-11,15,20H,6-7,12-14H2,(H,24,25,27). The lowest BCUT2D eigenvalue weighted by atomic mass is 10.1. The predicted molar refractivity (Wildman–Crippen MR) is 115 cm³/mol. The van der Waals surface area contributed by atoms with Crippen LogP contribution in [0.3, 0.4) is 0 Å². The molecule has 1 aliphatic rings. The van der Waals surface area contributed by atoms with Crippen molar-refractivity contribution in [2.24, 2.45) is 0 Å². The molecule has 4 nitrogen and oxygen atoms in total. The summed E-state index contributed by atoms with van der Waals surface area (Å²) >= 11 is 7.76. The molecule has 1 aromatic heterocycles. The number of aromatic nitrogens is 1. The number of benzene rings is 2. The second-order valence-electron chi connectivity index (χ2n) is 6.95. The smallest absolute Gasteiger partial charge is 0.248 e. The zero-order chi connectivity index (χ0) is 19.3. The van der Waals surface area contributed by atoms with Crippen LogP contribution in [-0.2, 0) is 11.2 Å². The first-order valence-electron chi connectivity index (χ1n) is 9.48. The van der Waals surface area contributed by atoms with Gasteiger partial charge in [0.2, 0.25) is 5.91 Å². The number of nitrogens with one attached hydrogen (secondary N) is 1. The van der Waals surface area contributed by atoms with Gasteiger partial charge in [-0.1, -0.05) is 60.1 Å². The second-order valence-corrected chi connectivity index (χ2v) is 8.47. The Morgan fingerprint density at radius 2 is 1.82 bits per heavy atom. The molecule has 28 heavy (non-hydrogen) atoms. The molecular weight excluding hydrogens is 390 g/mol. The summed E-state index contributed by atoms with van der Waals surface area (Å²) < 4.78 is 0. The molecule has 1 aliphatic heterocycles. The third-order valence-corrected chi connectivity index (χ3v) is 6.26. The summed E-state index contributed by atoms with van der Waals surface area (Å²) in [7, 11) is 0. The fourth-order valence-corrected chi connectivity index (χ4v) is 4.65. The van der Waals surface area contributed by atoms with E-state index in [1.165, 1.54) is 11.3 Å². The van der Waals surface area contributed by atoms with E-state index >= 15 is 0 Å². The van der Waals surface area contributed by atoms with Gasteiger partial charge in [-0.3, -0.25) is 9.69 Å². The molecular formula is C22H22ClN3OS. The number of thiazole rings is 1. The highest BCUT2D eigenvalue weighted by atomic mass is 35.5. The van der Waals surface area contributed by atoms with Crippen molar-refractivity contribution >= 4 is 34.0 Å². The molecule has 6 heteroatoms. The van der Waals surface area contributed by atoms with E-state index in [4.69, 9.17) is 11.6 Å². The molecule has 0 aliphatic carbocycles. The van der Waals surface area contributed by atoms with Crippen molar-refractivity contribution < 1.29 is 4.79 Å². The number of likely N-dealkylation sites (tertiary alicyclic amines) is 1. The monoisotopic (exact) mass is 411 g/mol. The number of anilines is 1. The zero-order valence-electron chi connectivity index (χ0n) is 15.5. The lowest BCUT2D eigenvalue weighted by Crippen LogP contribution is -2.35. The topological polar surface area (TPSA) is 45.2 Å². The minimum Gasteiger partial charge on any atom is -0.300 e. The van der Waals surface area contributed by atoms with Crippen LogP contribution in [0.2, 0.25) is 5.02 Å². The van der Waals surface area contributed by atoms with Crippen LogP contribution >= 0.6 is 22.9 Å². The average molecular weight is 412 g/mol. The first-order chi connectivity index (χ1) is 13.7. The average Bonchev–Trinajstić information content (AvgIpc) is 3.37. The molecule has 0 bridgehead atoms. The highest BCUT2D eigenvalue weighted by Crippen LogP contribution is 2.29. The van der Waals surface area contributed by atoms with Crippen LogP contribution in [0.25, 0.3) is 0 Å². The minimum absolute atomic E-state index is 0.0215. The Morgan fingerprint density at radius 3 is 2.57 bits per heavy atom. The SMILES string of the molecule is O=C(Nc1ncc(Cc2ccccc2Cl)s1)C(c1ccccc1)N1CCCC1. The van der Waals surface area contributed by atoms with Crippen molar-refractivity contribution in [1.82, 2.24) is 9.88 Å². The third kappa shape index (κ3) is 4.43. The Labute approximate surface area is 174 Å². The molecule has 3 aromatic rings. The fraction of sp³-hybridized carbons (Fsp3) is 0.273. The fourth-order valence-electron chi connectivity index (χ4n) is 3.61. The maximum absolute atomic E-state index is 13.1. The number of carbonyl (C=O) groups excluding carboxylic acids is 1. The number of rotatable bonds is 6. The first kappa shape index (κ1) is 19.1. The van der Waals surface area contributed by atoms with Gasteiger partial charge in [-0.05, 0) is 43.1 Å². The van der Waals surface area contributed by atoms with E-state index in [1.807, 2.05) is 60.8 Å². The number of halogens is 1. The van der Waals surface area contributed by atoms with E-state index in [9.17, 15) is 4.79 Å². The summed E-state index contributed by atoms with van der Waals surface area (Å²) in [4.78, 5) is 20.8. The molecule has 1 N–H and O–H groups in total. The van der Waals surface area contributed by atoms with E-state index in [2.05, 4.69) is 15.2 Å². The quantitative estimate of drug-likeness (QED) is 0.609. The molecule has 2 heterocycles. The first-order valence-corrected chi connectivity index (χ1v) is 10.7. The molecule has 4 rings (SSSR count). The largest absolute Gasteiger partial charge is 0.300 e. The van der Waals surface area contributed by atoms with Crippen molar-refractivity contribution in [3.63, 3.8) is 0 Å². The number of amides is 1. The maximum atomic E-state index is 13.1. The molecule has 0 radical (unpaired) electrons. The van der Waals surface area contributed by atoms with Gasteiger partial charge >= 0.3 is 0 Å². The number of hydrogen-bond acceptors (Lipinski definition) is 4. The van der Waals surface area contributed by atoms with Crippen molar-refractivity contribution in [2.45, 2.75) is 25.3 Å². The molecule has 0 saturated carbocycles. The highest BCUT2D eigenvalue weighted by molar-refractivity contribution is 7.15. The van der Waals surface area contributed by atoms with Gasteiger partial charge in [0.05, 0.1) is 0 Å². The summed E-state index contributed by atoms with van der Waals surface area (Å²) in [6.07, 6.45) is 4.80. The summed E-state index contributed by atoms with van der Waals surface area (Å²) in [6.45, 7) is 1.89. The van der Waals surface area contributed by atoms with Gasteiger partial charge < -0.3 is 5.32 Å². The predicted octanol–water partition coefficient (Wildman–Crippen LogP) is 5.16. The van der Waals surface area contributed by atoms with E-state index in [0.29, 0.717) is 11.6 Å². The van der Waals surface area contributed by atoms with Crippen molar-refractivity contribution in [2.75, 3.05) is 18.4 Å². The number of carbonyl (C=O) groups is 1. The van der Waals surface area contributed by atoms with E-state index in [0.717, 1.165) is 47.0 Å². The maximum Gasteiger partial charge on any atom is 0.248 e. The Kier molecular flexibility index (Phi) is 6.05. The summed E-state index contributed by atoms with van der Waals surface area (Å²) in [5, 5.41) is 4.41. The molecule has 1 unspecified atom stereocenters. The molecule has 0 spiro atoms. The summed E-state index contributed by atoms with van der Waals surface area (Å²) in [6, 6.07) is 17.5.